The summed E-state index contributed by atoms with van der Waals surface area (Å²) in [5.41, 5.74) is 0.259. The zero-order valence-corrected chi connectivity index (χ0v) is 9.61. The van der Waals surface area contributed by atoms with E-state index in [9.17, 15) is 14.5 Å². The van der Waals surface area contributed by atoms with Gasteiger partial charge in [0.05, 0.1) is 4.92 Å². The third kappa shape index (κ3) is 3.00. The number of nitro groups is 1. The monoisotopic (exact) mass is 226 g/mol. The van der Waals surface area contributed by atoms with Crippen LogP contribution in [0.15, 0.2) is 18.2 Å². The maximum absolute atomic E-state index is 13.3. The first-order valence-corrected chi connectivity index (χ1v) is 5.05. The summed E-state index contributed by atoms with van der Waals surface area (Å²) in [7, 11) is 1.92. The number of benzene rings is 1. The third-order valence-corrected chi connectivity index (χ3v) is 2.52. The van der Waals surface area contributed by atoms with Gasteiger partial charge in [0, 0.05) is 18.7 Å². The lowest BCUT2D eigenvalue weighted by molar-refractivity contribution is -0.387. The molecule has 0 fully saturated rings. The molecule has 4 nitrogen and oxygen atoms in total. The second-order valence-electron chi connectivity index (χ2n) is 4.05. The van der Waals surface area contributed by atoms with Crippen LogP contribution in [-0.2, 0) is 6.54 Å². The van der Waals surface area contributed by atoms with E-state index in [4.69, 9.17) is 0 Å². The molecule has 0 saturated carbocycles. The van der Waals surface area contributed by atoms with Crippen LogP contribution in [0.5, 0.6) is 0 Å². The van der Waals surface area contributed by atoms with E-state index in [2.05, 4.69) is 0 Å². The van der Waals surface area contributed by atoms with Gasteiger partial charge in [0.1, 0.15) is 0 Å². The lowest BCUT2D eigenvalue weighted by atomic mass is 10.1. The van der Waals surface area contributed by atoms with Gasteiger partial charge in [-0.3, -0.25) is 15.0 Å². The Hall–Kier alpha value is -1.49. The standard InChI is InChI=1S/C11H15FN2O2/c1-8(2)13(3)7-9-4-5-11(14(15)16)10(12)6-9/h4-6,8H,7H2,1-3H3. The maximum Gasteiger partial charge on any atom is 0.304 e. The number of rotatable bonds is 4. The van der Waals surface area contributed by atoms with Crippen LogP contribution in [0, 0.1) is 15.9 Å². The molecule has 0 N–H and O–H groups in total. The van der Waals surface area contributed by atoms with Crippen molar-refractivity contribution in [3.63, 3.8) is 0 Å². The van der Waals surface area contributed by atoms with Crippen LogP contribution in [0.25, 0.3) is 0 Å². The molecule has 88 valence electrons. The molecule has 0 saturated heterocycles. The molecule has 0 aliphatic carbocycles. The summed E-state index contributed by atoms with van der Waals surface area (Å²) in [4.78, 5) is 11.7. The number of halogens is 1. The topological polar surface area (TPSA) is 46.4 Å². The molecule has 0 bridgehead atoms. The van der Waals surface area contributed by atoms with E-state index in [1.165, 1.54) is 12.1 Å². The van der Waals surface area contributed by atoms with Crippen LogP contribution in [0.1, 0.15) is 19.4 Å². The van der Waals surface area contributed by atoms with E-state index in [0.29, 0.717) is 12.6 Å². The molecule has 0 unspecified atom stereocenters. The highest BCUT2D eigenvalue weighted by Gasteiger charge is 2.14. The van der Waals surface area contributed by atoms with Crippen molar-refractivity contribution < 1.29 is 9.31 Å². The summed E-state index contributed by atoms with van der Waals surface area (Å²) < 4.78 is 13.3. The van der Waals surface area contributed by atoms with E-state index in [0.717, 1.165) is 5.56 Å². The zero-order chi connectivity index (χ0) is 12.3. The van der Waals surface area contributed by atoms with E-state index in [1.807, 2.05) is 25.8 Å². The largest absolute Gasteiger partial charge is 0.304 e. The van der Waals surface area contributed by atoms with Gasteiger partial charge in [0.25, 0.3) is 0 Å². The molecule has 1 aromatic carbocycles. The van der Waals surface area contributed by atoms with Gasteiger partial charge in [-0.15, -0.1) is 0 Å². The van der Waals surface area contributed by atoms with Gasteiger partial charge in [-0.1, -0.05) is 6.07 Å². The molecule has 5 heteroatoms. The van der Waals surface area contributed by atoms with Crippen molar-refractivity contribution in [1.29, 1.82) is 0 Å². The fraction of sp³-hybridized carbons (Fsp3) is 0.455. The minimum absolute atomic E-state index is 0.346. The summed E-state index contributed by atoms with van der Waals surface area (Å²) in [6, 6.07) is 4.36. The van der Waals surface area contributed by atoms with Crippen molar-refractivity contribution >= 4 is 5.69 Å². The van der Waals surface area contributed by atoms with E-state index in [-0.39, 0.29) is 0 Å². The van der Waals surface area contributed by atoms with Crippen LogP contribution in [0.4, 0.5) is 10.1 Å². The van der Waals surface area contributed by atoms with Crippen molar-refractivity contribution in [2.45, 2.75) is 26.4 Å². The average Bonchev–Trinajstić information content (AvgIpc) is 2.16. The van der Waals surface area contributed by atoms with Crippen LogP contribution >= 0.6 is 0 Å². The maximum atomic E-state index is 13.3. The van der Waals surface area contributed by atoms with Crippen LogP contribution < -0.4 is 0 Å². The molecule has 16 heavy (non-hydrogen) atoms. The normalized spacial score (nSPS) is 11.1. The lowest BCUT2D eigenvalue weighted by Crippen LogP contribution is -2.25. The number of nitrogens with zero attached hydrogens (tertiary/aromatic N) is 2. The van der Waals surface area contributed by atoms with Gasteiger partial charge in [0.2, 0.25) is 5.82 Å². The molecule has 0 aromatic heterocycles. The Morgan fingerprint density at radius 1 is 1.50 bits per heavy atom. The molecule has 0 atom stereocenters. The van der Waals surface area contributed by atoms with Gasteiger partial charge >= 0.3 is 5.69 Å². The van der Waals surface area contributed by atoms with Gasteiger partial charge < -0.3 is 0 Å². The van der Waals surface area contributed by atoms with E-state index < -0.39 is 16.4 Å². The Kier molecular flexibility index (Phi) is 3.95. The minimum atomic E-state index is -0.778. The summed E-state index contributed by atoms with van der Waals surface area (Å²) in [5.74, 6) is -0.778. The van der Waals surface area contributed by atoms with Crippen molar-refractivity contribution in [3.05, 3.63) is 39.7 Å². The van der Waals surface area contributed by atoms with Crippen molar-refractivity contribution in [3.8, 4) is 0 Å². The summed E-state index contributed by atoms with van der Waals surface area (Å²) in [5, 5.41) is 10.4. The Morgan fingerprint density at radius 2 is 2.12 bits per heavy atom. The smallest absolute Gasteiger partial charge is 0.300 e. The minimum Gasteiger partial charge on any atom is -0.300 e. The predicted molar refractivity (Wildman–Crippen MR) is 59.7 cm³/mol. The quantitative estimate of drug-likeness (QED) is 0.585. The second kappa shape index (κ2) is 5.03. The SMILES string of the molecule is CC(C)N(C)Cc1ccc([N+](=O)[O-])c(F)c1. The van der Waals surface area contributed by atoms with Crippen LogP contribution in [-0.4, -0.2) is 22.9 Å². The fourth-order valence-corrected chi connectivity index (χ4v) is 1.27. The number of hydrogen-bond acceptors (Lipinski definition) is 3. The highest BCUT2D eigenvalue weighted by atomic mass is 19.1. The van der Waals surface area contributed by atoms with E-state index in [1.54, 1.807) is 6.07 Å². The summed E-state index contributed by atoms with van der Waals surface area (Å²) in [6.07, 6.45) is 0. The first-order valence-electron chi connectivity index (χ1n) is 5.05. The first-order chi connectivity index (χ1) is 7.41. The lowest BCUT2D eigenvalue weighted by Gasteiger charge is -2.20. The zero-order valence-electron chi connectivity index (χ0n) is 9.61. The Labute approximate surface area is 93.8 Å². The molecular weight excluding hydrogens is 211 g/mol. The molecular formula is C11H15FN2O2. The second-order valence-corrected chi connectivity index (χ2v) is 4.05. The van der Waals surface area contributed by atoms with Gasteiger partial charge in [-0.25, -0.2) is 0 Å². The van der Waals surface area contributed by atoms with Crippen molar-refractivity contribution in [2.24, 2.45) is 0 Å². The Balaban J connectivity index is 2.85. The molecule has 0 spiro atoms. The van der Waals surface area contributed by atoms with Gasteiger partial charge in [0.15, 0.2) is 0 Å². The molecule has 0 amide bonds. The molecule has 0 aliphatic heterocycles. The predicted octanol–water partition coefficient (Wildman–Crippen LogP) is 2.57. The highest BCUT2D eigenvalue weighted by Crippen LogP contribution is 2.19. The number of nitro benzene ring substituents is 1. The van der Waals surface area contributed by atoms with Crippen LogP contribution in [0.3, 0.4) is 0 Å². The van der Waals surface area contributed by atoms with Crippen molar-refractivity contribution in [2.75, 3.05) is 7.05 Å². The summed E-state index contributed by atoms with van der Waals surface area (Å²) in [6.45, 7) is 4.63. The van der Waals surface area contributed by atoms with Gasteiger partial charge in [-0.05, 0) is 32.5 Å². The first kappa shape index (κ1) is 12.6. The molecule has 1 rings (SSSR count). The Morgan fingerprint density at radius 3 is 2.56 bits per heavy atom. The highest BCUT2D eigenvalue weighted by molar-refractivity contribution is 5.34. The average molecular weight is 226 g/mol. The van der Waals surface area contributed by atoms with Gasteiger partial charge in [-0.2, -0.15) is 4.39 Å². The molecule has 0 radical (unpaired) electrons. The molecule has 0 heterocycles. The molecule has 0 aliphatic rings. The van der Waals surface area contributed by atoms with Crippen molar-refractivity contribution in [1.82, 2.24) is 4.90 Å². The fourth-order valence-electron chi connectivity index (χ4n) is 1.27. The van der Waals surface area contributed by atoms with E-state index >= 15 is 0 Å². The summed E-state index contributed by atoms with van der Waals surface area (Å²) >= 11 is 0. The molecule has 1 aromatic rings. The number of hydrogen-bond donors (Lipinski definition) is 0. The third-order valence-electron chi connectivity index (χ3n) is 2.52. The Bertz CT molecular complexity index is 394. The van der Waals surface area contributed by atoms with Crippen LogP contribution in [0.2, 0.25) is 0 Å².